The maximum atomic E-state index is 12.5. The van der Waals surface area contributed by atoms with Gasteiger partial charge in [0, 0.05) is 27.5 Å². The highest BCUT2D eigenvalue weighted by molar-refractivity contribution is 6.38. The second-order valence-electron chi connectivity index (χ2n) is 8.59. The van der Waals surface area contributed by atoms with E-state index >= 15 is 0 Å². The summed E-state index contributed by atoms with van der Waals surface area (Å²) in [5.74, 6) is -0.139. The fourth-order valence-corrected chi connectivity index (χ4v) is 5.12. The standard InChI is InChI=1S/C29H22O3.2C2H6/c1-14(2)18-6-10-22-24-12-8-20(16(4)31)27-21(17(5)32)9-13-25(29(24)27)23-11-7-19(15(3)30)26(18)28(22)23;2*1-2/h6-13H,1H2,2-5H3;2*1-2H3. The Labute approximate surface area is 213 Å². The monoisotopic (exact) mass is 478 g/mol. The van der Waals surface area contributed by atoms with Gasteiger partial charge in [-0.15, -0.1) is 0 Å². The molecule has 0 unspecified atom stereocenters. The van der Waals surface area contributed by atoms with Crippen molar-refractivity contribution < 1.29 is 14.4 Å². The van der Waals surface area contributed by atoms with Gasteiger partial charge in [0.25, 0.3) is 0 Å². The highest BCUT2D eigenvalue weighted by atomic mass is 16.1. The Balaban J connectivity index is 0.000000861. The molecule has 3 nitrogen and oxygen atoms in total. The maximum absolute atomic E-state index is 12.5. The van der Waals surface area contributed by atoms with Crippen LogP contribution in [-0.4, -0.2) is 17.3 Å². The number of allylic oxidation sites excluding steroid dienone is 1. The van der Waals surface area contributed by atoms with Gasteiger partial charge in [-0.3, -0.25) is 14.4 Å². The lowest BCUT2D eigenvalue weighted by Crippen LogP contribution is -2.03. The summed E-state index contributed by atoms with van der Waals surface area (Å²) in [4.78, 5) is 37.5. The number of hydrogen-bond donors (Lipinski definition) is 0. The molecule has 0 heterocycles. The molecule has 0 radical (unpaired) electrons. The molecule has 0 spiro atoms. The van der Waals surface area contributed by atoms with Crippen LogP contribution in [0.15, 0.2) is 55.1 Å². The van der Waals surface area contributed by atoms with Gasteiger partial charge in [-0.25, -0.2) is 0 Å². The summed E-state index contributed by atoms with van der Waals surface area (Å²) in [5.41, 5.74) is 3.62. The average Bonchev–Trinajstić information content (AvgIpc) is 2.87. The number of benzene rings is 5. The number of rotatable bonds is 4. The molecule has 0 saturated carbocycles. The molecule has 0 atom stereocenters. The van der Waals surface area contributed by atoms with Gasteiger partial charge in [-0.05, 0) is 65.6 Å². The van der Waals surface area contributed by atoms with Crippen LogP contribution in [0, 0.1) is 0 Å². The highest BCUT2D eigenvalue weighted by Crippen LogP contribution is 2.44. The van der Waals surface area contributed by atoms with E-state index in [0.29, 0.717) is 22.1 Å². The number of Topliss-reactive ketones (excluding diaryl/α,β-unsaturated/α-hetero) is 3. The molecule has 0 amide bonds. The van der Waals surface area contributed by atoms with Crippen LogP contribution in [0.1, 0.15) is 92.0 Å². The SMILES string of the molecule is C=C(C)c1ccc2c3ccc(C(C)=O)c4c(C(C)=O)ccc(c5ccc(C(C)=O)c1c25)c43.CC.CC. The Kier molecular flexibility index (Phi) is 7.74. The van der Waals surface area contributed by atoms with Crippen LogP contribution < -0.4 is 0 Å². The van der Waals surface area contributed by atoms with Crippen molar-refractivity contribution in [1.82, 2.24) is 0 Å². The Morgan fingerprint density at radius 2 is 0.694 bits per heavy atom. The van der Waals surface area contributed by atoms with Gasteiger partial charge in [0.1, 0.15) is 0 Å². The van der Waals surface area contributed by atoms with Crippen LogP contribution in [-0.2, 0) is 0 Å². The molecule has 3 heteroatoms. The zero-order chi connectivity index (χ0) is 26.9. The van der Waals surface area contributed by atoms with Gasteiger partial charge in [-0.2, -0.15) is 0 Å². The molecular formula is C33H34O3. The molecule has 0 fully saturated rings. The lowest BCUT2D eigenvalue weighted by Gasteiger charge is -2.20. The van der Waals surface area contributed by atoms with Crippen LogP contribution in [0.5, 0.6) is 0 Å². The Hall–Kier alpha value is -3.85. The third-order valence-electron chi connectivity index (χ3n) is 6.50. The molecule has 0 aliphatic carbocycles. The number of hydrogen-bond acceptors (Lipinski definition) is 3. The topological polar surface area (TPSA) is 51.2 Å². The number of fused-ring (bicyclic) bond motifs is 2. The smallest absolute Gasteiger partial charge is 0.160 e. The molecule has 0 aliphatic heterocycles. The summed E-state index contributed by atoms with van der Waals surface area (Å²) in [6.45, 7) is 18.7. The summed E-state index contributed by atoms with van der Waals surface area (Å²) in [6, 6.07) is 15.5. The van der Waals surface area contributed by atoms with E-state index in [2.05, 4.69) is 12.6 Å². The molecular weight excluding hydrogens is 444 g/mol. The summed E-state index contributed by atoms with van der Waals surface area (Å²) in [6.07, 6.45) is 0. The second-order valence-corrected chi connectivity index (χ2v) is 8.59. The fourth-order valence-electron chi connectivity index (χ4n) is 5.12. The van der Waals surface area contributed by atoms with Gasteiger partial charge in [-0.1, -0.05) is 88.4 Å². The number of carbonyl (C=O) groups is 3. The summed E-state index contributed by atoms with van der Waals surface area (Å²) in [7, 11) is 0. The molecule has 184 valence electrons. The molecule has 0 aromatic heterocycles. The van der Waals surface area contributed by atoms with E-state index < -0.39 is 0 Å². The van der Waals surface area contributed by atoms with Crippen LogP contribution in [0.25, 0.3) is 48.7 Å². The predicted molar refractivity (Wildman–Crippen MR) is 155 cm³/mol. The van der Waals surface area contributed by atoms with E-state index in [-0.39, 0.29) is 17.3 Å². The fraction of sp³-hybridized carbons (Fsp3) is 0.242. The van der Waals surface area contributed by atoms with E-state index in [1.807, 2.05) is 77.1 Å². The first-order chi connectivity index (χ1) is 17.2. The summed E-state index contributed by atoms with van der Waals surface area (Å²) < 4.78 is 0. The Morgan fingerprint density at radius 3 is 0.944 bits per heavy atom. The Bertz CT molecular complexity index is 1430. The van der Waals surface area contributed by atoms with Gasteiger partial charge >= 0.3 is 0 Å². The molecule has 0 bridgehead atoms. The van der Waals surface area contributed by atoms with Crippen molar-refractivity contribution >= 4 is 66.0 Å². The van der Waals surface area contributed by atoms with E-state index in [4.69, 9.17) is 0 Å². The minimum absolute atomic E-state index is 0.00555. The first kappa shape index (κ1) is 26.7. The predicted octanol–water partition coefficient (Wildman–Crippen LogP) is 9.43. The van der Waals surface area contributed by atoms with Crippen molar-refractivity contribution in [3.63, 3.8) is 0 Å². The Morgan fingerprint density at radius 1 is 0.444 bits per heavy atom. The lowest BCUT2D eigenvalue weighted by atomic mass is 9.82. The molecule has 0 N–H and O–H groups in total. The molecule has 0 aliphatic rings. The van der Waals surface area contributed by atoms with E-state index in [1.165, 1.54) is 13.8 Å². The highest BCUT2D eigenvalue weighted by Gasteiger charge is 2.22. The van der Waals surface area contributed by atoms with Crippen molar-refractivity contribution in [3.8, 4) is 0 Å². The maximum Gasteiger partial charge on any atom is 0.160 e. The second kappa shape index (κ2) is 10.4. The van der Waals surface area contributed by atoms with Gasteiger partial charge in [0.05, 0.1) is 0 Å². The average molecular weight is 479 g/mol. The number of ketones is 3. The van der Waals surface area contributed by atoms with Crippen molar-refractivity contribution in [2.45, 2.75) is 55.4 Å². The lowest BCUT2D eigenvalue weighted by molar-refractivity contribution is 0.100. The largest absolute Gasteiger partial charge is 0.294 e. The minimum atomic E-state index is -0.0725. The van der Waals surface area contributed by atoms with Crippen LogP contribution in [0.4, 0.5) is 0 Å². The molecule has 5 aromatic carbocycles. The zero-order valence-corrected chi connectivity index (χ0v) is 22.6. The van der Waals surface area contributed by atoms with Crippen LogP contribution >= 0.6 is 0 Å². The zero-order valence-electron chi connectivity index (χ0n) is 22.6. The third kappa shape index (κ3) is 3.99. The summed E-state index contributed by atoms with van der Waals surface area (Å²) >= 11 is 0. The molecule has 0 saturated heterocycles. The molecule has 36 heavy (non-hydrogen) atoms. The van der Waals surface area contributed by atoms with Gasteiger partial charge in [0.2, 0.25) is 0 Å². The molecule has 5 rings (SSSR count). The third-order valence-corrected chi connectivity index (χ3v) is 6.50. The quantitative estimate of drug-likeness (QED) is 0.147. The van der Waals surface area contributed by atoms with Crippen LogP contribution in [0.2, 0.25) is 0 Å². The molecule has 5 aromatic rings. The normalized spacial score (nSPS) is 10.7. The van der Waals surface area contributed by atoms with Crippen molar-refractivity contribution in [1.29, 1.82) is 0 Å². The van der Waals surface area contributed by atoms with Crippen molar-refractivity contribution in [2.24, 2.45) is 0 Å². The van der Waals surface area contributed by atoms with Crippen molar-refractivity contribution in [2.75, 3.05) is 0 Å². The summed E-state index contributed by atoms with van der Waals surface area (Å²) in [5, 5.41) is 7.47. The van der Waals surface area contributed by atoms with Gasteiger partial charge in [0.15, 0.2) is 17.3 Å². The van der Waals surface area contributed by atoms with E-state index in [9.17, 15) is 14.4 Å². The first-order valence-electron chi connectivity index (χ1n) is 12.6. The first-order valence-corrected chi connectivity index (χ1v) is 12.6. The van der Waals surface area contributed by atoms with E-state index in [0.717, 1.165) is 48.8 Å². The van der Waals surface area contributed by atoms with E-state index in [1.54, 1.807) is 6.92 Å². The number of carbonyl (C=O) groups excluding carboxylic acids is 3. The van der Waals surface area contributed by atoms with Crippen LogP contribution in [0.3, 0.4) is 0 Å². The van der Waals surface area contributed by atoms with Gasteiger partial charge < -0.3 is 0 Å². The minimum Gasteiger partial charge on any atom is -0.294 e. The van der Waals surface area contributed by atoms with Crippen molar-refractivity contribution in [3.05, 3.63) is 77.4 Å².